The summed E-state index contributed by atoms with van der Waals surface area (Å²) >= 11 is 11.3. The first kappa shape index (κ1) is 13.1. The van der Waals surface area contributed by atoms with Gasteiger partial charge in [0, 0.05) is 0 Å². The van der Waals surface area contributed by atoms with Crippen LogP contribution >= 0.6 is 23.2 Å². The molecule has 0 saturated heterocycles. The van der Waals surface area contributed by atoms with E-state index < -0.39 is 16.6 Å². The number of benzene rings is 1. The van der Waals surface area contributed by atoms with Crippen molar-refractivity contribution in [1.29, 1.82) is 0 Å². The molecule has 0 atom stereocenters. The average Bonchev–Trinajstić information content (AvgIpc) is 2.17. The number of carbonyl (C=O) groups is 1. The third-order valence-electron chi connectivity index (χ3n) is 1.75. The van der Waals surface area contributed by atoms with Gasteiger partial charge in [0.05, 0.1) is 0 Å². The lowest BCUT2D eigenvalue weighted by Crippen LogP contribution is -2.35. The largest absolute Gasteiger partial charge is 0.514 e. The molecule has 0 bridgehead atoms. The molecule has 3 nitrogen and oxygen atoms in total. The average molecular weight is 262 g/mol. The Morgan fingerprint density at radius 2 is 2.19 bits per heavy atom. The second-order valence-corrected chi connectivity index (χ2v) is 4.69. The van der Waals surface area contributed by atoms with Gasteiger partial charge < -0.3 is 9.47 Å². The molecule has 87 valence electrons. The highest BCUT2D eigenvalue weighted by Crippen LogP contribution is 2.24. The second-order valence-electron chi connectivity index (χ2n) is 3.60. The van der Waals surface area contributed by atoms with Gasteiger partial charge in [-0.15, -0.1) is 23.2 Å². The van der Waals surface area contributed by atoms with Gasteiger partial charge in [0.1, 0.15) is 16.2 Å². The zero-order valence-corrected chi connectivity index (χ0v) is 10.4. The first-order chi connectivity index (χ1) is 7.42. The van der Waals surface area contributed by atoms with Crippen molar-refractivity contribution in [3.63, 3.8) is 0 Å². The van der Waals surface area contributed by atoms with Crippen LogP contribution in [-0.2, 0) is 4.74 Å². The smallest absolute Gasteiger partial charge is 0.425 e. The summed E-state index contributed by atoms with van der Waals surface area (Å²) in [4.78, 5) is 10.5. The number of ether oxygens (including phenoxy) is 2. The molecule has 0 spiro atoms. The van der Waals surface area contributed by atoms with Crippen LogP contribution in [0.5, 0.6) is 5.75 Å². The summed E-state index contributed by atoms with van der Waals surface area (Å²) in [5, 5.41) is 0. The standard InChI is InChI=1S/C11H11Cl2O3/c1-11(2,9(12)13)16-10(14)15-8-6-4-3-5-7-8/h3-4,6-7,9H,1-2H3. The monoisotopic (exact) mass is 261 g/mol. The van der Waals surface area contributed by atoms with Crippen LogP contribution in [0.2, 0.25) is 0 Å². The van der Waals surface area contributed by atoms with E-state index in [1.165, 1.54) is 6.07 Å². The van der Waals surface area contributed by atoms with Gasteiger partial charge in [0.2, 0.25) is 0 Å². The summed E-state index contributed by atoms with van der Waals surface area (Å²) in [6, 6.07) is 9.29. The van der Waals surface area contributed by atoms with Crippen molar-refractivity contribution in [2.75, 3.05) is 0 Å². The van der Waals surface area contributed by atoms with Gasteiger partial charge in [-0.3, -0.25) is 0 Å². The predicted molar refractivity (Wildman–Crippen MR) is 62.0 cm³/mol. The van der Waals surface area contributed by atoms with E-state index >= 15 is 0 Å². The quantitative estimate of drug-likeness (QED) is 0.474. The molecule has 1 rings (SSSR count). The molecule has 0 unspecified atom stereocenters. The lowest BCUT2D eigenvalue weighted by molar-refractivity contribution is 0.0172. The van der Waals surface area contributed by atoms with E-state index in [4.69, 9.17) is 32.7 Å². The molecular weight excluding hydrogens is 251 g/mol. The van der Waals surface area contributed by atoms with E-state index in [9.17, 15) is 4.79 Å². The fraction of sp³-hybridized carbons (Fsp3) is 0.364. The van der Waals surface area contributed by atoms with Crippen molar-refractivity contribution in [3.05, 3.63) is 30.3 Å². The van der Waals surface area contributed by atoms with E-state index in [1.807, 2.05) is 0 Å². The van der Waals surface area contributed by atoms with Crippen LogP contribution in [0.25, 0.3) is 0 Å². The summed E-state index contributed by atoms with van der Waals surface area (Å²) in [6.45, 7) is 3.19. The van der Waals surface area contributed by atoms with Crippen molar-refractivity contribution in [2.45, 2.75) is 24.3 Å². The van der Waals surface area contributed by atoms with Crippen molar-refractivity contribution >= 4 is 29.4 Å². The molecule has 0 aliphatic carbocycles. The third kappa shape index (κ3) is 3.91. The molecule has 0 amide bonds. The molecule has 16 heavy (non-hydrogen) atoms. The maximum atomic E-state index is 11.4. The molecule has 0 aromatic heterocycles. The predicted octanol–water partition coefficient (Wildman–Crippen LogP) is 3.58. The summed E-state index contributed by atoms with van der Waals surface area (Å²) in [5.74, 6) is 0.351. The molecule has 0 fully saturated rings. The van der Waals surface area contributed by atoms with Gasteiger partial charge in [0.15, 0.2) is 0 Å². The Kier molecular flexibility index (Phi) is 4.44. The first-order valence-corrected chi connectivity index (χ1v) is 5.44. The van der Waals surface area contributed by atoms with Gasteiger partial charge in [-0.05, 0) is 32.0 Å². The normalized spacial score (nSPS) is 11.3. The van der Waals surface area contributed by atoms with Gasteiger partial charge in [-0.1, -0.05) is 12.1 Å². The molecule has 1 aromatic carbocycles. The molecule has 0 aliphatic rings. The summed E-state index contributed by atoms with van der Waals surface area (Å²) in [5.41, 5.74) is -1.00. The van der Waals surface area contributed by atoms with E-state index in [1.54, 1.807) is 32.0 Å². The Morgan fingerprint density at radius 1 is 1.50 bits per heavy atom. The number of hydrogen-bond acceptors (Lipinski definition) is 3. The number of halogens is 2. The molecule has 1 radical (unpaired) electrons. The summed E-state index contributed by atoms with van der Waals surface area (Å²) in [6.07, 6.45) is -0.851. The first-order valence-electron chi connectivity index (χ1n) is 4.57. The molecular formula is C11H11Cl2O3. The summed E-state index contributed by atoms with van der Waals surface area (Å²) < 4.78 is 9.85. The number of rotatable bonds is 3. The van der Waals surface area contributed by atoms with Crippen molar-refractivity contribution < 1.29 is 14.3 Å². The third-order valence-corrected chi connectivity index (χ3v) is 2.80. The topological polar surface area (TPSA) is 35.5 Å². The lowest BCUT2D eigenvalue weighted by Gasteiger charge is -2.25. The van der Waals surface area contributed by atoms with E-state index in [2.05, 4.69) is 6.07 Å². The van der Waals surface area contributed by atoms with Crippen LogP contribution in [0.3, 0.4) is 0 Å². The lowest BCUT2D eigenvalue weighted by atomic mass is 10.2. The van der Waals surface area contributed by atoms with Crippen LogP contribution in [-0.4, -0.2) is 16.6 Å². The van der Waals surface area contributed by atoms with E-state index in [-0.39, 0.29) is 0 Å². The Balaban J connectivity index is 2.55. The van der Waals surface area contributed by atoms with E-state index in [0.717, 1.165) is 0 Å². The van der Waals surface area contributed by atoms with Crippen LogP contribution in [0.1, 0.15) is 13.8 Å². The van der Waals surface area contributed by atoms with Crippen molar-refractivity contribution in [3.8, 4) is 5.75 Å². The van der Waals surface area contributed by atoms with Crippen molar-refractivity contribution in [1.82, 2.24) is 0 Å². The minimum absolute atomic E-state index is 0.351. The Morgan fingerprint density at radius 3 is 2.69 bits per heavy atom. The van der Waals surface area contributed by atoms with Gasteiger partial charge in [-0.2, -0.15) is 0 Å². The number of carbonyl (C=O) groups excluding carboxylic acids is 1. The highest BCUT2D eigenvalue weighted by atomic mass is 35.5. The fourth-order valence-electron chi connectivity index (χ4n) is 0.817. The minimum atomic E-state index is -1.00. The molecule has 5 heteroatoms. The summed E-state index contributed by atoms with van der Waals surface area (Å²) in [7, 11) is 0. The van der Waals surface area contributed by atoms with Crippen LogP contribution in [0.4, 0.5) is 4.79 Å². The SMILES string of the molecule is CC(C)(OC(=O)Oc1c[c]ccc1)C(Cl)Cl. The van der Waals surface area contributed by atoms with Crippen LogP contribution in [0, 0.1) is 6.07 Å². The highest BCUT2D eigenvalue weighted by Gasteiger charge is 2.31. The zero-order valence-electron chi connectivity index (χ0n) is 8.87. The van der Waals surface area contributed by atoms with Gasteiger partial charge in [-0.25, -0.2) is 4.79 Å². The second kappa shape index (κ2) is 5.41. The molecule has 1 aromatic rings. The number of alkyl halides is 2. The molecule has 0 aliphatic heterocycles. The number of hydrogen-bond donors (Lipinski definition) is 0. The Hall–Kier alpha value is -0.930. The Labute approximate surface area is 104 Å². The van der Waals surface area contributed by atoms with Gasteiger partial charge >= 0.3 is 6.16 Å². The maximum absolute atomic E-state index is 11.4. The zero-order chi connectivity index (χ0) is 12.2. The molecule has 0 heterocycles. The van der Waals surface area contributed by atoms with Crippen LogP contribution < -0.4 is 4.74 Å². The van der Waals surface area contributed by atoms with Crippen molar-refractivity contribution in [2.24, 2.45) is 0 Å². The van der Waals surface area contributed by atoms with Crippen LogP contribution in [0.15, 0.2) is 24.3 Å². The van der Waals surface area contributed by atoms with Gasteiger partial charge in [0.25, 0.3) is 0 Å². The molecule has 0 N–H and O–H groups in total. The minimum Gasteiger partial charge on any atom is -0.425 e. The highest BCUT2D eigenvalue weighted by molar-refractivity contribution is 6.45. The maximum Gasteiger partial charge on any atom is 0.514 e. The fourth-order valence-corrected chi connectivity index (χ4v) is 0.906. The van der Waals surface area contributed by atoms with E-state index in [0.29, 0.717) is 5.75 Å². The molecule has 0 saturated carbocycles. The Bertz CT molecular complexity index is 350.